The number of hydrogen-bond acceptors (Lipinski definition) is 3. The molecule has 1 saturated carbocycles. The highest BCUT2D eigenvalue weighted by Crippen LogP contribution is 2.28. The van der Waals surface area contributed by atoms with E-state index in [1.807, 2.05) is 4.90 Å². The highest BCUT2D eigenvalue weighted by molar-refractivity contribution is 5.80. The van der Waals surface area contributed by atoms with Crippen LogP contribution in [0.3, 0.4) is 0 Å². The smallest absolute Gasteiger partial charge is 0.228 e. The Morgan fingerprint density at radius 3 is 2.36 bits per heavy atom. The molecule has 1 N–H and O–H groups in total. The number of benzene rings is 1. The summed E-state index contributed by atoms with van der Waals surface area (Å²) in [6.07, 6.45) is 3.24. The number of hydrogen-bond donors (Lipinski definition) is 1. The maximum Gasteiger partial charge on any atom is 0.228 e. The molecule has 2 atom stereocenters. The molecule has 2 aliphatic rings. The molecule has 22 heavy (non-hydrogen) atoms. The van der Waals surface area contributed by atoms with E-state index in [-0.39, 0.29) is 11.8 Å². The van der Waals surface area contributed by atoms with Gasteiger partial charge in [0.15, 0.2) is 0 Å². The number of aliphatic hydroxyl groups is 1. The molecule has 1 aliphatic heterocycles. The second kappa shape index (κ2) is 6.69. The molecule has 4 nitrogen and oxygen atoms in total. The first-order valence-corrected chi connectivity index (χ1v) is 8.49. The van der Waals surface area contributed by atoms with Crippen molar-refractivity contribution in [3.8, 4) is 0 Å². The summed E-state index contributed by atoms with van der Waals surface area (Å²) in [5.74, 6) is 0.00127. The van der Waals surface area contributed by atoms with Gasteiger partial charge in [-0.15, -0.1) is 0 Å². The highest BCUT2D eigenvalue weighted by Gasteiger charge is 2.35. The number of carbonyl (C=O) groups is 1. The van der Waals surface area contributed by atoms with Crippen LogP contribution < -0.4 is 4.90 Å². The second-order valence-corrected chi connectivity index (χ2v) is 6.44. The molecule has 0 radical (unpaired) electrons. The molecule has 0 spiro atoms. The molecule has 1 amide bonds. The number of rotatable bonds is 3. The molecule has 1 aromatic carbocycles. The van der Waals surface area contributed by atoms with E-state index >= 15 is 0 Å². The fourth-order valence-electron chi connectivity index (χ4n) is 3.59. The van der Waals surface area contributed by atoms with E-state index in [4.69, 9.17) is 0 Å². The van der Waals surface area contributed by atoms with E-state index in [0.717, 1.165) is 51.9 Å². The van der Waals surface area contributed by atoms with Crippen LogP contribution in [0.1, 0.15) is 31.7 Å². The molecular weight excluding hydrogens is 276 g/mol. The largest absolute Gasteiger partial charge is 0.392 e. The van der Waals surface area contributed by atoms with Crippen molar-refractivity contribution in [3.63, 3.8) is 0 Å². The van der Waals surface area contributed by atoms with Gasteiger partial charge in [0.1, 0.15) is 0 Å². The van der Waals surface area contributed by atoms with Crippen LogP contribution in [0.2, 0.25) is 0 Å². The lowest BCUT2D eigenvalue weighted by Gasteiger charge is -2.37. The maximum atomic E-state index is 12.5. The Morgan fingerprint density at radius 1 is 1.14 bits per heavy atom. The van der Waals surface area contributed by atoms with Crippen molar-refractivity contribution in [2.24, 2.45) is 5.92 Å². The van der Waals surface area contributed by atoms with Crippen LogP contribution in [0.25, 0.3) is 0 Å². The zero-order valence-electron chi connectivity index (χ0n) is 13.4. The molecule has 3 rings (SSSR count). The van der Waals surface area contributed by atoms with E-state index in [0.29, 0.717) is 0 Å². The van der Waals surface area contributed by atoms with Crippen LogP contribution in [0, 0.1) is 5.92 Å². The van der Waals surface area contributed by atoms with Crippen molar-refractivity contribution in [2.75, 3.05) is 31.1 Å². The standard InChI is InChI=1S/C18H26N2O2/c1-2-14-6-8-15(9-7-14)19-10-12-20(13-11-19)18(22)16-4-3-5-17(16)21/h6-9,16-17,21H,2-5,10-13H2,1H3. The van der Waals surface area contributed by atoms with Gasteiger partial charge in [-0.25, -0.2) is 0 Å². The first-order valence-electron chi connectivity index (χ1n) is 8.49. The molecule has 4 heteroatoms. The molecule has 0 bridgehead atoms. The fourth-order valence-corrected chi connectivity index (χ4v) is 3.59. The van der Waals surface area contributed by atoms with Crippen LogP contribution in [0.15, 0.2) is 24.3 Å². The van der Waals surface area contributed by atoms with Gasteiger partial charge >= 0.3 is 0 Å². The molecular formula is C18H26N2O2. The predicted molar refractivity (Wildman–Crippen MR) is 88.0 cm³/mol. The minimum atomic E-state index is -0.424. The van der Waals surface area contributed by atoms with Crippen molar-refractivity contribution in [3.05, 3.63) is 29.8 Å². The quantitative estimate of drug-likeness (QED) is 0.929. The molecule has 2 fully saturated rings. The molecule has 1 heterocycles. The van der Waals surface area contributed by atoms with Crippen molar-refractivity contribution in [1.82, 2.24) is 4.90 Å². The highest BCUT2D eigenvalue weighted by atomic mass is 16.3. The Bertz CT molecular complexity index is 506. The number of piperazine rings is 1. The van der Waals surface area contributed by atoms with E-state index in [1.165, 1.54) is 11.3 Å². The summed E-state index contributed by atoms with van der Waals surface area (Å²) in [5, 5.41) is 9.91. The molecule has 2 unspecified atom stereocenters. The van der Waals surface area contributed by atoms with Crippen LogP contribution in [0.5, 0.6) is 0 Å². The Morgan fingerprint density at radius 2 is 1.82 bits per heavy atom. The van der Waals surface area contributed by atoms with Crippen molar-refractivity contribution in [2.45, 2.75) is 38.7 Å². The van der Waals surface area contributed by atoms with E-state index in [2.05, 4.69) is 36.1 Å². The van der Waals surface area contributed by atoms with E-state index < -0.39 is 6.10 Å². The van der Waals surface area contributed by atoms with Crippen LogP contribution >= 0.6 is 0 Å². The third kappa shape index (κ3) is 3.12. The number of aryl methyl sites for hydroxylation is 1. The normalized spacial score (nSPS) is 25.5. The van der Waals surface area contributed by atoms with Crippen LogP contribution in [-0.2, 0) is 11.2 Å². The van der Waals surface area contributed by atoms with Crippen molar-refractivity contribution < 1.29 is 9.90 Å². The van der Waals surface area contributed by atoms with Gasteiger partial charge in [0.25, 0.3) is 0 Å². The van der Waals surface area contributed by atoms with Gasteiger partial charge < -0.3 is 14.9 Å². The Hall–Kier alpha value is -1.55. The molecule has 120 valence electrons. The molecule has 1 saturated heterocycles. The third-order valence-corrected chi connectivity index (χ3v) is 5.10. The lowest BCUT2D eigenvalue weighted by molar-refractivity contribution is -0.138. The van der Waals surface area contributed by atoms with Gasteiger partial charge in [-0.3, -0.25) is 4.79 Å². The average Bonchev–Trinajstić information content (AvgIpc) is 3.00. The minimum Gasteiger partial charge on any atom is -0.392 e. The SMILES string of the molecule is CCc1ccc(N2CCN(C(=O)C3CCCC3O)CC2)cc1. The van der Waals surface area contributed by atoms with Crippen molar-refractivity contribution in [1.29, 1.82) is 0 Å². The molecule has 0 aromatic heterocycles. The van der Waals surface area contributed by atoms with Crippen LogP contribution in [0.4, 0.5) is 5.69 Å². The van der Waals surface area contributed by atoms with Crippen LogP contribution in [-0.4, -0.2) is 48.2 Å². The third-order valence-electron chi connectivity index (χ3n) is 5.10. The Balaban J connectivity index is 1.56. The second-order valence-electron chi connectivity index (χ2n) is 6.44. The lowest BCUT2D eigenvalue weighted by Crippen LogP contribution is -2.51. The topological polar surface area (TPSA) is 43.8 Å². The maximum absolute atomic E-state index is 12.5. The van der Waals surface area contributed by atoms with Gasteiger partial charge in [-0.05, 0) is 43.4 Å². The Labute approximate surface area is 132 Å². The number of anilines is 1. The van der Waals surface area contributed by atoms with Gasteiger partial charge in [-0.1, -0.05) is 19.1 Å². The summed E-state index contributed by atoms with van der Waals surface area (Å²) in [7, 11) is 0. The number of aliphatic hydroxyl groups excluding tert-OH is 1. The van der Waals surface area contributed by atoms with Crippen molar-refractivity contribution >= 4 is 11.6 Å². The number of carbonyl (C=O) groups excluding carboxylic acids is 1. The zero-order chi connectivity index (χ0) is 15.5. The van der Waals surface area contributed by atoms with Gasteiger partial charge in [0.05, 0.1) is 12.0 Å². The fraction of sp³-hybridized carbons (Fsp3) is 0.611. The first kappa shape index (κ1) is 15.3. The first-order chi connectivity index (χ1) is 10.7. The summed E-state index contributed by atoms with van der Waals surface area (Å²) in [5.41, 5.74) is 2.60. The number of nitrogens with zero attached hydrogens (tertiary/aromatic N) is 2. The van der Waals surface area contributed by atoms with Gasteiger partial charge in [0, 0.05) is 31.9 Å². The summed E-state index contributed by atoms with van der Waals surface area (Å²) in [6, 6.07) is 8.72. The summed E-state index contributed by atoms with van der Waals surface area (Å²) < 4.78 is 0. The summed E-state index contributed by atoms with van der Waals surface area (Å²) in [6.45, 7) is 5.44. The predicted octanol–water partition coefficient (Wildman–Crippen LogP) is 2.06. The average molecular weight is 302 g/mol. The van der Waals surface area contributed by atoms with E-state index in [9.17, 15) is 9.90 Å². The van der Waals surface area contributed by atoms with E-state index in [1.54, 1.807) is 0 Å². The lowest BCUT2D eigenvalue weighted by atomic mass is 10.0. The minimum absolute atomic E-state index is 0.157. The van der Waals surface area contributed by atoms with Gasteiger partial charge in [0.2, 0.25) is 5.91 Å². The monoisotopic (exact) mass is 302 g/mol. The zero-order valence-corrected chi connectivity index (χ0v) is 13.4. The summed E-state index contributed by atoms with van der Waals surface area (Å²) in [4.78, 5) is 16.8. The molecule has 1 aromatic rings. The molecule has 1 aliphatic carbocycles. The van der Waals surface area contributed by atoms with Gasteiger partial charge in [-0.2, -0.15) is 0 Å². The summed E-state index contributed by atoms with van der Waals surface area (Å²) >= 11 is 0. The number of amides is 1. The Kier molecular flexibility index (Phi) is 4.67.